The maximum atomic E-state index is 2.28. The molecule has 2 unspecified atom stereocenters. The predicted molar refractivity (Wildman–Crippen MR) is 99.9 cm³/mol. The first kappa shape index (κ1) is 14.4. The van der Waals surface area contributed by atoms with Crippen LogP contribution in [0.5, 0.6) is 0 Å². The fraction of sp³-hybridized carbons (Fsp3) is 0.294. The first-order valence-electron chi connectivity index (χ1n) is 7.09. The molecule has 4 heteroatoms. The van der Waals surface area contributed by atoms with Crippen molar-refractivity contribution in [1.29, 1.82) is 0 Å². The molecule has 0 radical (unpaired) electrons. The minimum Gasteiger partial charge on any atom is -0.144 e. The quantitative estimate of drug-likeness (QED) is 0.622. The van der Waals surface area contributed by atoms with E-state index >= 15 is 0 Å². The van der Waals surface area contributed by atoms with E-state index in [1.807, 2.05) is 47.0 Å². The first-order valence-corrected chi connectivity index (χ1v) is 11.0. The van der Waals surface area contributed by atoms with Crippen molar-refractivity contribution in [2.45, 2.75) is 25.4 Å². The summed E-state index contributed by atoms with van der Waals surface area (Å²) in [5, 5.41) is 0. The van der Waals surface area contributed by atoms with E-state index in [-0.39, 0.29) is 0 Å². The molecule has 108 valence electrons. The summed E-state index contributed by atoms with van der Waals surface area (Å²) in [6.07, 6.45) is 1.03. The van der Waals surface area contributed by atoms with E-state index in [9.17, 15) is 0 Å². The van der Waals surface area contributed by atoms with Crippen LogP contribution in [-0.2, 0) is 6.42 Å². The van der Waals surface area contributed by atoms with Gasteiger partial charge in [0.1, 0.15) is 0 Å². The average molecular weight is 349 g/mol. The fourth-order valence-electron chi connectivity index (χ4n) is 2.13. The van der Waals surface area contributed by atoms with Crippen LogP contribution in [0.4, 0.5) is 0 Å². The molecule has 0 amide bonds. The normalized spacial score (nSPS) is 23.0. The number of rotatable bonds is 6. The van der Waals surface area contributed by atoms with Crippen LogP contribution < -0.4 is 0 Å². The number of hydrogen-bond acceptors (Lipinski definition) is 4. The standard InChI is InChI=1S/C17H16S4/c1-5-14(20-16-10-18-16)6-2-12(1)9-13-3-7-15(8-4-13)21-17-11-19-17/h1-8,16-17H,9-11H2. The third-order valence-electron chi connectivity index (χ3n) is 3.40. The highest BCUT2D eigenvalue weighted by atomic mass is 32.2. The zero-order chi connectivity index (χ0) is 14.1. The molecular formula is C17H16S4. The Bertz CT molecular complexity index is 542. The van der Waals surface area contributed by atoms with Gasteiger partial charge in [0.2, 0.25) is 0 Å². The smallest absolute Gasteiger partial charge is 0.0641 e. The van der Waals surface area contributed by atoms with Crippen molar-refractivity contribution in [1.82, 2.24) is 0 Å². The van der Waals surface area contributed by atoms with Crippen molar-refractivity contribution in [3.8, 4) is 0 Å². The Hall–Kier alpha value is -0.160. The van der Waals surface area contributed by atoms with Crippen LogP contribution in [0.15, 0.2) is 58.3 Å². The Labute approximate surface area is 143 Å². The molecule has 2 aromatic carbocycles. The van der Waals surface area contributed by atoms with Gasteiger partial charge in [-0.15, -0.1) is 47.0 Å². The molecule has 21 heavy (non-hydrogen) atoms. The third kappa shape index (κ3) is 4.41. The second-order valence-corrected chi connectivity index (χ2v) is 10.8. The summed E-state index contributed by atoms with van der Waals surface area (Å²) in [6.45, 7) is 0. The van der Waals surface area contributed by atoms with Gasteiger partial charge in [0, 0.05) is 21.3 Å². The molecule has 2 heterocycles. The molecule has 2 aliphatic heterocycles. The Morgan fingerprint density at radius 2 is 1.10 bits per heavy atom. The zero-order valence-corrected chi connectivity index (χ0v) is 14.8. The van der Waals surface area contributed by atoms with Gasteiger partial charge in [0.05, 0.1) is 9.16 Å². The van der Waals surface area contributed by atoms with Gasteiger partial charge in [-0.25, -0.2) is 0 Å². The van der Waals surface area contributed by atoms with Crippen molar-refractivity contribution in [3.63, 3.8) is 0 Å². The monoisotopic (exact) mass is 348 g/mol. The summed E-state index contributed by atoms with van der Waals surface area (Å²) in [5.41, 5.74) is 2.81. The van der Waals surface area contributed by atoms with E-state index in [4.69, 9.17) is 0 Å². The lowest BCUT2D eigenvalue weighted by molar-refractivity contribution is 1.17. The summed E-state index contributed by atoms with van der Waals surface area (Å²) in [4.78, 5) is 2.81. The van der Waals surface area contributed by atoms with Gasteiger partial charge in [0.15, 0.2) is 0 Å². The molecule has 2 atom stereocenters. The van der Waals surface area contributed by atoms with E-state index in [2.05, 4.69) is 48.5 Å². The lowest BCUT2D eigenvalue weighted by Gasteiger charge is -2.05. The van der Waals surface area contributed by atoms with Gasteiger partial charge in [-0.3, -0.25) is 0 Å². The molecule has 0 aromatic heterocycles. The summed E-state index contributed by atoms with van der Waals surface area (Å²) in [7, 11) is 0. The van der Waals surface area contributed by atoms with Crippen LogP contribution in [0.2, 0.25) is 0 Å². The third-order valence-corrected chi connectivity index (χ3v) is 8.43. The van der Waals surface area contributed by atoms with Crippen LogP contribution >= 0.6 is 47.0 Å². The lowest BCUT2D eigenvalue weighted by atomic mass is 10.1. The van der Waals surface area contributed by atoms with Crippen LogP contribution in [0.1, 0.15) is 11.1 Å². The maximum Gasteiger partial charge on any atom is 0.0641 e. The molecule has 4 rings (SSSR count). The highest BCUT2D eigenvalue weighted by Crippen LogP contribution is 2.44. The Morgan fingerprint density at radius 3 is 1.43 bits per heavy atom. The summed E-state index contributed by atoms with van der Waals surface area (Å²) >= 11 is 8.07. The van der Waals surface area contributed by atoms with E-state index in [1.54, 1.807) is 0 Å². The molecule has 0 N–H and O–H groups in total. The van der Waals surface area contributed by atoms with Crippen molar-refractivity contribution < 1.29 is 0 Å². The molecule has 0 nitrogen and oxygen atoms in total. The molecule has 0 saturated carbocycles. The summed E-state index contributed by atoms with van der Waals surface area (Å²) < 4.78 is 1.62. The van der Waals surface area contributed by atoms with Crippen LogP contribution in [-0.4, -0.2) is 20.7 Å². The molecular weight excluding hydrogens is 332 g/mol. The molecule has 0 aliphatic carbocycles. The van der Waals surface area contributed by atoms with Gasteiger partial charge in [-0.1, -0.05) is 24.3 Å². The topological polar surface area (TPSA) is 0 Å². The number of hydrogen-bond donors (Lipinski definition) is 0. The van der Waals surface area contributed by atoms with Crippen molar-refractivity contribution in [2.24, 2.45) is 0 Å². The molecule has 2 saturated heterocycles. The van der Waals surface area contributed by atoms with Gasteiger partial charge < -0.3 is 0 Å². The van der Waals surface area contributed by atoms with E-state index in [0.29, 0.717) is 0 Å². The van der Waals surface area contributed by atoms with Crippen LogP contribution in [0, 0.1) is 0 Å². The predicted octanol–water partition coefficient (Wildman–Crippen LogP) is 5.61. The van der Waals surface area contributed by atoms with Gasteiger partial charge in [-0.2, -0.15) is 0 Å². The van der Waals surface area contributed by atoms with Gasteiger partial charge in [0.25, 0.3) is 0 Å². The highest BCUT2D eigenvalue weighted by molar-refractivity contribution is 8.23. The van der Waals surface area contributed by atoms with E-state index in [0.717, 1.165) is 15.6 Å². The summed E-state index contributed by atoms with van der Waals surface area (Å²) in [6, 6.07) is 18.2. The zero-order valence-electron chi connectivity index (χ0n) is 11.5. The van der Waals surface area contributed by atoms with E-state index < -0.39 is 0 Å². The largest absolute Gasteiger partial charge is 0.144 e. The highest BCUT2D eigenvalue weighted by Gasteiger charge is 2.23. The van der Waals surface area contributed by atoms with Gasteiger partial charge >= 0.3 is 0 Å². The Balaban J connectivity index is 1.37. The second-order valence-electron chi connectivity index (χ2n) is 5.23. The van der Waals surface area contributed by atoms with Crippen LogP contribution in [0.3, 0.4) is 0 Å². The number of benzene rings is 2. The maximum absolute atomic E-state index is 2.28. The van der Waals surface area contributed by atoms with Crippen molar-refractivity contribution in [2.75, 3.05) is 11.5 Å². The lowest BCUT2D eigenvalue weighted by Crippen LogP contribution is -1.88. The number of thioether (sulfide) groups is 4. The van der Waals surface area contributed by atoms with Crippen molar-refractivity contribution >= 4 is 47.0 Å². The Morgan fingerprint density at radius 1 is 0.714 bits per heavy atom. The fourth-order valence-corrected chi connectivity index (χ4v) is 5.70. The SMILES string of the molecule is c1cc(SC2CS2)ccc1Cc1ccc(SC2CS2)cc1. The average Bonchev–Trinajstić information content (AvgIpc) is 3.40. The second kappa shape index (κ2) is 6.53. The molecule has 0 bridgehead atoms. The minimum absolute atomic E-state index is 0.811. The first-order chi connectivity index (χ1) is 10.3. The van der Waals surface area contributed by atoms with Crippen LogP contribution in [0.25, 0.3) is 0 Å². The molecule has 2 aromatic rings. The molecule has 2 aliphatic rings. The van der Waals surface area contributed by atoms with E-state index in [1.165, 1.54) is 32.4 Å². The minimum atomic E-state index is 0.811. The summed E-state index contributed by atoms with van der Waals surface area (Å²) in [5.74, 6) is 2.63. The van der Waals surface area contributed by atoms with Gasteiger partial charge in [-0.05, 0) is 41.8 Å². The molecule has 2 fully saturated rings. The van der Waals surface area contributed by atoms with Crippen molar-refractivity contribution in [3.05, 3.63) is 59.7 Å². The molecule has 0 spiro atoms. The Kier molecular flexibility index (Phi) is 4.49.